The summed E-state index contributed by atoms with van der Waals surface area (Å²) in [5.41, 5.74) is -0.260. The van der Waals surface area contributed by atoms with Gasteiger partial charge in [0.05, 0.1) is 11.6 Å². The summed E-state index contributed by atoms with van der Waals surface area (Å²) in [5, 5.41) is 8.82. The van der Waals surface area contributed by atoms with Crippen molar-refractivity contribution in [1.29, 1.82) is 0 Å². The van der Waals surface area contributed by atoms with Gasteiger partial charge < -0.3 is 5.11 Å². The van der Waals surface area contributed by atoms with Crippen LogP contribution in [0.4, 0.5) is 14.5 Å². The molecule has 0 radical (unpaired) electrons. The summed E-state index contributed by atoms with van der Waals surface area (Å²) in [6, 6.07) is 6.73. The molecular formula is C13H10ClF2NO3S. The number of para-hydroxylation sites is 1. The molecule has 0 aliphatic rings. The Morgan fingerprint density at radius 1 is 1.14 bits per heavy atom. The van der Waals surface area contributed by atoms with E-state index >= 15 is 0 Å². The maximum Gasteiger partial charge on any atom is 0.264 e. The van der Waals surface area contributed by atoms with E-state index in [0.29, 0.717) is 0 Å². The SMILES string of the molecule is O=S(=O)(Nc1c(F)cccc1Cl)c1cc(CO)ccc1F. The van der Waals surface area contributed by atoms with Crippen molar-refractivity contribution >= 4 is 27.3 Å². The molecule has 112 valence electrons. The van der Waals surface area contributed by atoms with Crippen LogP contribution in [0.15, 0.2) is 41.3 Å². The Kier molecular flexibility index (Phi) is 4.46. The van der Waals surface area contributed by atoms with Gasteiger partial charge >= 0.3 is 0 Å². The molecule has 0 aliphatic carbocycles. The molecule has 0 atom stereocenters. The number of aliphatic hydroxyl groups is 1. The second kappa shape index (κ2) is 5.97. The summed E-state index contributed by atoms with van der Waals surface area (Å²) < 4.78 is 53.5. The van der Waals surface area contributed by atoms with Gasteiger partial charge in [0.1, 0.15) is 22.2 Å². The molecule has 2 N–H and O–H groups in total. The third-order valence-corrected chi connectivity index (χ3v) is 4.35. The zero-order valence-corrected chi connectivity index (χ0v) is 12.0. The highest BCUT2D eigenvalue weighted by Gasteiger charge is 2.22. The first-order valence-corrected chi connectivity index (χ1v) is 7.57. The molecule has 0 heterocycles. The second-order valence-electron chi connectivity index (χ2n) is 4.13. The van der Waals surface area contributed by atoms with Crippen molar-refractivity contribution in [2.45, 2.75) is 11.5 Å². The second-order valence-corrected chi connectivity index (χ2v) is 6.18. The van der Waals surface area contributed by atoms with Crippen LogP contribution in [0.3, 0.4) is 0 Å². The first-order chi connectivity index (χ1) is 9.85. The Hall–Kier alpha value is -1.70. The Labute approximate surface area is 125 Å². The van der Waals surface area contributed by atoms with E-state index < -0.39 is 38.8 Å². The number of aliphatic hydroxyl groups excluding tert-OH is 1. The van der Waals surface area contributed by atoms with E-state index in [2.05, 4.69) is 0 Å². The Balaban J connectivity index is 2.48. The topological polar surface area (TPSA) is 66.4 Å². The molecule has 0 spiro atoms. The van der Waals surface area contributed by atoms with Crippen molar-refractivity contribution in [1.82, 2.24) is 0 Å². The van der Waals surface area contributed by atoms with Gasteiger partial charge in [0.25, 0.3) is 10.0 Å². The molecule has 2 aromatic rings. The predicted octanol–water partition coefficient (Wildman–Crippen LogP) is 2.91. The number of rotatable bonds is 4. The van der Waals surface area contributed by atoms with Gasteiger partial charge in [-0.25, -0.2) is 17.2 Å². The van der Waals surface area contributed by atoms with Crippen molar-refractivity contribution in [2.24, 2.45) is 0 Å². The molecule has 8 heteroatoms. The van der Waals surface area contributed by atoms with E-state index in [1.54, 1.807) is 0 Å². The van der Waals surface area contributed by atoms with Crippen molar-refractivity contribution < 1.29 is 22.3 Å². The van der Waals surface area contributed by atoms with Crippen LogP contribution < -0.4 is 4.72 Å². The van der Waals surface area contributed by atoms with Gasteiger partial charge in [-0.15, -0.1) is 0 Å². The third kappa shape index (κ3) is 3.31. The predicted molar refractivity (Wildman–Crippen MR) is 74.5 cm³/mol. The Bertz CT molecular complexity index is 761. The van der Waals surface area contributed by atoms with Crippen LogP contribution in [-0.2, 0) is 16.6 Å². The van der Waals surface area contributed by atoms with Gasteiger partial charge in [0.15, 0.2) is 0 Å². The van der Waals surface area contributed by atoms with Crippen LogP contribution in [0.2, 0.25) is 5.02 Å². The zero-order chi connectivity index (χ0) is 15.6. The van der Waals surface area contributed by atoms with Crippen LogP contribution in [0.25, 0.3) is 0 Å². The van der Waals surface area contributed by atoms with Crippen LogP contribution >= 0.6 is 11.6 Å². The van der Waals surface area contributed by atoms with E-state index in [1.807, 2.05) is 4.72 Å². The molecule has 0 bridgehead atoms. The third-order valence-electron chi connectivity index (χ3n) is 2.67. The molecule has 0 aliphatic heterocycles. The molecule has 21 heavy (non-hydrogen) atoms. The quantitative estimate of drug-likeness (QED) is 0.904. The average molecular weight is 334 g/mol. The van der Waals surface area contributed by atoms with Crippen LogP contribution in [0.1, 0.15) is 5.56 Å². The van der Waals surface area contributed by atoms with Crippen LogP contribution in [-0.4, -0.2) is 13.5 Å². The number of hydrogen-bond donors (Lipinski definition) is 2. The molecule has 0 saturated carbocycles. The number of halogens is 3. The fraction of sp³-hybridized carbons (Fsp3) is 0.0769. The van der Waals surface area contributed by atoms with Gasteiger partial charge in [-0.1, -0.05) is 23.7 Å². The van der Waals surface area contributed by atoms with E-state index in [1.165, 1.54) is 18.2 Å². The van der Waals surface area contributed by atoms with Gasteiger partial charge in [0, 0.05) is 0 Å². The summed E-state index contributed by atoms with van der Waals surface area (Å²) in [6.07, 6.45) is 0. The molecule has 0 amide bonds. The lowest BCUT2D eigenvalue weighted by molar-refractivity contribution is 0.281. The summed E-state index contributed by atoms with van der Waals surface area (Å²) in [7, 11) is -4.38. The van der Waals surface area contributed by atoms with Gasteiger partial charge in [-0.05, 0) is 29.8 Å². The highest BCUT2D eigenvalue weighted by molar-refractivity contribution is 7.92. The van der Waals surface area contributed by atoms with Crippen LogP contribution in [0, 0.1) is 11.6 Å². The molecule has 0 fully saturated rings. The van der Waals surface area contributed by atoms with Crippen molar-refractivity contribution in [2.75, 3.05) is 4.72 Å². The van der Waals surface area contributed by atoms with Crippen molar-refractivity contribution in [3.05, 3.63) is 58.6 Å². The maximum atomic E-state index is 13.7. The van der Waals surface area contributed by atoms with Crippen molar-refractivity contribution in [3.63, 3.8) is 0 Å². The van der Waals surface area contributed by atoms with Crippen molar-refractivity contribution in [3.8, 4) is 0 Å². The first kappa shape index (κ1) is 15.7. The molecular weight excluding hydrogens is 324 g/mol. The number of benzene rings is 2. The van der Waals surface area contributed by atoms with Gasteiger partial charge in [-0.2, -0.15) is 0 Å². The Morgan fingerprint density at radius 2 is 1.86 bits per heavy atom. The maximum absolute atomic E-state index is 13.7. The summed E-state index contributed by atoms with van der Waals surface area (Å²) in [4.78, 5) is -0.701. The standard InChI is InChI=1S/C13H10ClF2NO3S/c14-9-2-1-3-11(16)13(9)17-21(19,20)12-6-8(7-18)4-5-10(12)15/h1-6,17-18H,7H2. The van der Waals surface area contributed by atoms with Crippen LogP contribution in [0.5, 0.6) is 0 Å². The normalized spacial score (nSPS) is 11.4. The summed E-state index contributed by atoms with van der Waals surface area (Å²) in [6.45, 7) is -0.455. The van der Waals surface area contributed by atoms with Gasteiger partial charge in [0.2, 0.25) is 0 Å². The fourth-order valence-corrected chi connectivity index (χ4v) is 3.12. The zero-order valence-electron chi connectivity index (χ0n) is 10.5. The summed E-state index contributed by atoms with van der Waals surface area (Å²) in [5.74, 6) is -1.91. The monoisotopic (exact) mass is 333 g/mol. The number of sulfonamides is 1. The smallest absolute Gasteiger partial charge is 0.264 e. The average Bonchev–Trinajstić information content (AvgIpc) is 2.43. The van der Waals surface area contributed by atoms with E-state index in [-0.39, 0.29) is 10.6 Å². The summed E-state index contributed by atoms with van der Waals surface area (Å²) >= 11 is 5.72. The molecule has 0 unspecified atom stereocenters. The van der Waals surface area contributed by atoms with E-state index in [0.717, 1.165) is 18.2 Å². The lowest BCUT2D eigenvalue weighted by atomic mass is 10.2. The largest absolute Gasteiger partial charge is 0.392 e. The highest BCUT2D eigenvalue weighted by Crippen LogP contribution is 2.28. The van der Waals surface area contributed by atoms with E-state index in [4.69, 9.17) is 16.7 Å². The molecule has 2 rings (SSSR count). The Morgan fingerprint density at radius 3 is 2.48 bits per heavy atom. The lowest BCUT2D eigenvalue weighted by Gasteiger charge is -2.11. The minimum absolute atomic E-state index is 0.155. The number of nitrogens with one attached hydrogen (secondary N) is 1. The van der Waals surface area contributed by atoms with E-state index in [9.17, 15) is 17.2 Å². The minimum atomic E-state index is -4.38. The van der Waals surface area contributed by atoms with Gasteiger partial charge in [-0.3, -0.25) is 4.72 Å². The number of anilines is 1. The number of hydrogen-bond acceptors (Lipinski definition) is 3. The minimum Gasteiger partial charge on any atom is -0.392 e. The molecule has 4 nitrogen and oxygen atoms in total. The lowest BCUT2D eigenvalue weighted by Crippen LogP contribution is -2.16. The first-order valence-electron chi connectivity index (χ1n) is 5.71. The molecule has 0 saturated heterocycles. The fourth-order valence-electron chi connectivity index (χ4n) is 1.64. The molecule has 0 aromatic heterocycles. The highest BCUT2D eigenvalue weighted by atomic mass is 35.5. The molecule has 2 aromatic carbocycles.